The van der Waals surface area contributed by atoms with Crippen LogP contribution in [0.5, 0.6) is 11.6 Å². The number of rotatable bonds is 7. The van der Waals surface area contributed by atoms with Gasteiger partial charge in [0.1, 0.15) is 10.8 Å². The molecule has 2 aromatic rings. The van der Waals surface area contributed by atoms with Crippen LogP contribution in [0.15, 0.2) is 36.5 Å². The lowest BCUT2D eigenvalue weighted by Gasteiger charge is -2.17. The number of carbonyl (C=O) groups is 1. The maximum absolute atomic E-state index is 12.0. The Bertz CT molecular complexity index is 760. The number of nitrogens with zero attached hydrogens (tertiary/aromatic N) is 3. The van der Waals surface area contributed by atoms with E-state index in [1.807, 2.05) is 30.3 Å². The first-order chi connectivity index (χ1) is 13.2. The van der Waals surface area contributed by atoms with Crippen molar-refractivity contribution in [1.29, 1.82) is 0 Å². The second-order valence-electron chi connectivity index (χ2n) is 6.31. The van der Waals surface area contributed by atoms with Crippen molar-refractivity contribution in [2.24, 2.45) is 0 Å². The third-order valence-electron chi connectivity index (χ3n) is 4.17. The third kappa shape index (κ3) is 5.47. The fraction of sp³-hybridized carbons (Fsp3) is 0.421. The Morgan fingerprint density at radius 3 is 2.96 bits per heavy atom. The topological polar surface area (TPSA) is 76.6 Å². The molecule has 1 fully saturated rings. The van der Waals surface area contributed by atoms with Gasteiger partial charge < -0.3 is 19.7 Å². The molecule has 0 bridgehead atoms. The minimum absolute atomic E-state index is 0.0504. The Morgan fingerprint density at radius 1 is 1.37 bits per heavy atom. The summed E-state index contributed by atoms with van der Waals surface area (Å²) in [5.41, 5.74) is 0. The molecule has 1 aromatic heterocycles. The number of carbonyl (C=O) groups excluding carboxylic acids is 1. The van der Waals surface area contributed by atoms with Gasteiger partial charge in [-0.2, -0.15) is 4.98 Å². The average Bonchev–Trinajstić information content (AvgIpc) is 3.14. The van der Waals surface area contributed by atoms with E-state index in [0.717, 1.165) is 19.3 Å². The van der Waals surface area contributed by atoms with Gasteiger partial charge in [0, 0.05) is 19.1 Å². The van der Waals surface area contributed by atoms with Gasteiger partial charge in [0.25, 0.3) is 0 Å². The van der Waals surface area contributed by atoms with E-state index in [2.05, 4.69) is 22.2 Å². The fourth-order valence-corrected chi connectivity index (χ4v) is 2.84. The molecular formula is C19H23ClN4O3. The zero-order chi connectivity index (χ0) is 19.1. The summed E-state index contributed by atoms with van der Waals surface area (Å²) < 4.78 is 11.0. The van der Waals surface area contributed by atoms with Crippen LogP contribution in [-0.4, -0.2) is 46.7 Å². The van der Waals surface area contributed by atoms with Crippen molar-refractivity contribution in [3.63, 3.8) is 0 Å². The molecule has 27 heavy (non-hydrogen) atoms. The maximum Gasteiger partial charge on any atom is 0.409 e. The Balaban J connectivity index is 1.57. The second kappa shape index (κ2) is 9.41. The highest BCUT2D eigenvalue weighted by molar-refractivity contribution is 6.31. The van der Waals surface area contributed by atoms with Crippen molar-refractivity contribution in [1.82, 2.24) is 14.9 Å². The molecule has 0 aliphatic carbocycles. The number of benzene rings is 1. The molecule has 1 aliphatic heterocycles. The van der Waals surface area contributed by atoms with Gasteiger partial charge in [-0.1, -0.05) is 43.1 Å². The molecule has 3 rings (SSSR count). The lowest BCUT2D eigenvalue weighted by atomic mass is 10.3. The highest BCUT2D eigenvalue weighted by atomic mass is 35.5. The fourth-order valence-electron chi connectivity index (χ4n) is 2.71. The summed E-state index contributed by atoms with van der Waals surface area (Å²) in [5, 5.41) is 3.57. The van der Waals surface area contributed by atoms with E-state index in [9.17, 15) is 4.79 Å². The van der Waals surface area contributed by atoms with Gasteiger partial charge >= 0.3 is 6.09 Å². The lowest BCUT2D eigenvalue weighted by Crippen LogP contribution is -2.32. The van der Waals surface area contributed by atoms with Crippen LogP contribution in [0.25, 0.3) is 0 Å². The summed E-state index contributed by atoms with van der Waals surface area (Å²) >= 11 is 6.14. The molecule has 1 atom stereocenters. The summed E-state index contributed by atoms with van der Waals surface area (Å²) in [6.07, 6.45) is 3.91. The van der Waals surface area contributed by atoms with Gasteiger partial charge in [-0.25, -0.2) is 9.78 Å². The Morgan fingerprint density at radius 2 is 2.19 bits per heavy atom. The van der Waals surface area contributed by atoms with Crippen LogP contribution < -0.4 is 10.1 Å². The monoisotopic (exact) mass is 390 g/mol. The second-order valence-corrected chi connectivity index (χ2v) is 6.71. The molecule has 0 spiro atoms. The quantitative estimate of drug-likeness (QED) is 0.708. The molecule has 1 aliphatic rings. The highest BCUT2D eigenvalue weighted by Crippen LogP contribution is 2.27. The number of hydrogen-bond donors (Lipinski definition) is 1. The van der Waals surface area contributed by atoms with Gasteiger partial charge in [-0.3, -0.25) is 0 Å². The van der Waals surface area contributed by atoms with Crippen molar-refractivity contribution in [3.05, 3.63) is 41.6 Å². The SMILES string of the molecule is CCCCOC(=O)N1CC[C@H](Nc2ncc(Cl)c(Oc3ccccc3)n2)C1. The first kappa shape index (κ1) is 19.2. The number of aromatic nitrogens is 2. The van der Waals surface area contributed by atoms with Crippen molar-refractivity contribution in [2.45, 2.75) is 32.2 Å². The Kier molecular flexibility index (Phi) is 6.70. The molecular weight excluding hydrogens is 368 g/mol. The van der Waals surface area contributed by atoms with Crippen molar-refractivity contribution < 1.29 is 14.3 Å². The van der Waals surface area contributed by atoms with Gasteiger partial charge in [0.2, 0.25) is 11.8 Å². The van der Waals surface area contributed by atoms with Crippen LogP contribution in [0, 0.1) is 0 Å². The first-order valence-corrected chi connectivity index (χ1v) is 9.47. The van der Waals surface area contributed by atoms with Crippen LogP contribution in [0.4, 0.5) is 10.7 Å². The number of halogens is 1. The highest BCUT2D eigenvalue weighted by Gasteiger charge is 2.27. The van der Waals surface area contributed by atoms with Crippen LogP contribution >= 0.6 is 11.6 Å². The molecule has 1 N–H and O–H groups in total. The molecule has 1 aromatic carbocycles. The number of nitrogens with one attached hydrogen (secondary N) is 1. The standard InChI is InChI=1S/C19H23ClN4O3/c1-2-3-11-26-19(25)24-10-9-14(13-24)22-18-21-12-16(20)17(23-18)27-15-7-5-4-6-8-15/h4-8,12,14H,2-3,9-11,13H2,1H3,(H,21,22,23)/t14-/m0/s1. The normalized spacial score (nSPS) is 16.2. The van der Waals surface area contributed by atoms with Crippen LogP contribution in [0.2, 0.25) is 5.02 Å². The van der Waals surface area contributed by atoms with E-state index < -0.39 is 0 Å². The number of ether oxygens (including phenoxy) is 2. The van der Waals surface area contributed by atoms with E-state index in [-0.39, 0.29) is 18.0 Å². The molecule has 144 valence electrons. The van der Waals surface area contributed by atoms with Gasteiger partial charge in [-0.05, 0) is 25.0 Å². The summed E-state index contributed by atoms with van der Waals surface area (Å²) in [5.74, 6) is 1.34. The van der Waals surface area contributed by atoms with E-state index in [4.69, 9.17) is 21.1 Å². The lowest BCUT2D eigenvalue weighted by molar-refractivity contribution is 0.109. The third-order valence-corrected chi connectivity index (χ3v) is 4.43. The first-order valence-electron chi connectivity index (χ1n) is 9.09. The average molecular weight is 391 g/mol. The minimum Gasteiger partial charge on any atom is -0.449 e. The number of para-hydroxylation sites is 1. The van der Waals surface area contributed by atoms with Crippen molar-refractivity contribution in [3.8, 4) is 11.6 Å². The van der Waals surface area contributed by atoms with Crippen molar-refractivity contribution >= 4 is 23.6 Å². The smallest absolute Gasteiger partial charge is 0.409 e. The summed E-state index contributed by atoms with van der Waals surface area (Å²) in [7, 11) is 0. The van der Waals surface area contributed by atoms with E-state index in [1.165, 1.54) is 6.20 Å². The van der Waals surface area contributed by atoms with Gasteiger partial charge in [0.05, 0.1) is 12.8 Å². The molecule has 0 saturated carbocycles. The Labute approximate surface area is 163 Å². The van der Waals surface area contributed by atoms with Crippen LogP contribution in [-0.2, 0) is 4.74 Å². The number of unbranched alkanes of at least 4 members (excludes halogenated alkanes) is 1. The molecule has 8 heteroatoms. The Hall–Kier alpha value is -2.54. The number of anilines is 1. The zero-order valence-corrected chi connectivity index (χ0v) is 16.0. The summed E-state index contributed by atoms with van der Waals surface area (Å²) in [4.78, 5) is 22.3. The molecule has 0 radical (unpaired) electrons. The largest absolute Gasteiger partial charge is 0.449 e. The molecule has 7 nitrogen and oxygen atoms in total. The summed E-state index contributed by atoms with van der Waals surface area (Å²) in [6, 6.07) is 9.34. The predicted molar refractivity (Wildman–Crippen MR) is 103 cm³/mol. The molecule has 0 unspecified atom stereocenters. The number of likely N-dealkylation sites (tertiary alicyclic amines) is 1. The minimum atomic E-state index is -0.266. The predicted octanol–water partition coefficient (Wildman–Crippen LogP) is 4.35. The number of hydrogen-bond acceptors (Lipinski definition) is 6. The molecule has 1 amide bonds. The van der Waals surface area contributed by atoms with Crippen molar-refractivity contribution in [2.75, 3.05) is 25.0 Å². The maximum atomic E-state index is 12.0. The van der Waals surface area contributed by atoms with Crippen LogP contribution in [0.3, 0.4) is 0 Å². The van der Waals surface area contributed by atoms with Gasteiger partial charge in [0.15, 0.2) is 0 Å². The van der Waals surface area contributed by atoms with E-state index >= 15 is 0 Å². The number of amides is 1. The van der Waals surface area contributed by atoms with E-state index in [1.54, 1.807) is 4.90 Å². The van der Waals surface area contributed by atoms with E-state index in [0.29, 0.717) is 36.4 Å². The van der Waals surface area contributed by atoms with Crippen LogP contribution in [0.1, 0.15) is 26.2 Å². The molecule has 1 saturated heterocycles. The molecule has 2 heterocycles. The zero-order valence-electron chi connectivity index (χ0n) is 15.2. The summed E-state index contributed by atoms with van der Waals surface area (Å²) in [6.45, 7) is 3.71. The van der Waals surface area contributed by atoms with Gasteiger partial charge in [-0.15, -0.1) is 0 Å².